The monoisotopic (exact) mass is 384 g/mol. The Morgan fingerprint density at radius 2 is 1.96 bits per heavy atom. The molecule has 0 aliphatic carbocycles. The van der Waals surface area contributed by atoms with Gasteiger partial charge in [-0.25, -0.2) is 13.6 Å². The molecule has 144 valence electrons. The minimum absolute atomic E-state index is 0.219. The molecular formula is C16H14F2N2O7. The van der Waals surface area contributed by atoms with Gasteiger partial charge < -0.3 is 15.2 Å². The molecule has 0 bridgehead atoms. The van der Waals surface area contributed by atoms with Crippen molar-refractivity contribution < 1.29 is 42.6 Å². The number of amides is 2. The molecule has 2 aliphatic heterocycles. The molecule has 2 N–H and O–H groups in total. The van der Waals surface area contributed by atoms with E-state index >= 15 is 0 Å². The van der Waals surface area contributed by atoms with E-state index in [4.69, 9.17) is 9.57 Å². The third-order valence-corrected chi connectivity index (χ3v) is 4.22. The van der Waals surface area contributed by atoms with E-state index in [0.717, 1.165) is 18.2 Å². The van der Waals surface area contributed by atoms with Crippen LogP contribution in [-0.2, 0) is 35.2 Å². The highest BCUT2D eigenvalue weighted by atomic mass is 19.1. The number of hydrogen-bond donors (Lipinski definition) is 2. The quantitative estimate of drug-likeness (QED) is 0.679. The lowest BCUT2D eigenvalue weighted by molar-refractivity contribution is -0.256. The summed E-state index contributed by atoms with van der Waals surface area (Å²) in [5.41, 5.74) is -2.77. The van der Waals surface area contributed by atoms with Crippen LogP contribution in [0.3, 0.4) is 0 Å². The molecule has 2 aliphatic rings. The van der Waals surface area contributed by atoms with Crippen LogP contribution < -0.4 is 5.32 Å². The lowest BCUT2D eigenvalue weighted by atomic mass is 10.1. The number of esters is 1. The summed E-state index contributed by atoms with van der Waals surface area (Å²) in [4.78, 5) is 52.3. The number of aliphatic carboxylic acids is 1. The van der Waals surface area contributed by atoms with E-state index in [0.29, 0.717) is 5.06 Å². The van der Waals surface area contributed by atoms with Crippen molar-refractivity contribution in [1.29, 1.82) is 0 Å². The Labute approximate surface area is 150 Å². The Morgan fingerprint density at radius 3 is 2.52 bits per heavy atom. The van der Waals surface area contributed by atoms with Gasteiger partial charge in [0, 0.05) is 12.0 Å². The average molecular weight is 384 g/mol. The Kier molecular flexibility index (Phi) is 4.79. The van der Waals surface area contributed by atoms with Crippen LogP contribution in [0.2, 0.25) is 0 Å². The predicted molar refractivity (Wildman–Crippen MR) is 80.5 cm³/mol. The number of carbonyl (C=O) groups excluding carboxylic acids is 3. The van der Waals surface area contributed by atoms with Gasteiger partial charge in [-0.2, -0.15) is 5.06 Å². The van der Waals surface area contributed by atoms with Gasteiger partial charge in [0.25, 0.3) is 5.91 Å². The Hall–Kier alpha value is -3.08. The molecule has 0 saturated carbocycles. The van der Waals surface area contributed by atoms with Gasteiger partial charge in [-0.15, -0.1) is 0 Å². The smallest absolute Gasteiger partial charge is 0.372 e. The van der Waals surface area contributed by atoms with Crippen molar-refractivity contribution in [3.05, 3.63) is 35.4 Å². The van der Waals surface area contributed by atoms with Gasteiger partial charge in [-0.1, -0.05) is 6.07 Å². The average Bonchev–Trinajstić information content (AvgIpc) is 3.16. The number of halogens is 2. The minimum atomic E-state index is -2.30. The van der Waals surface area contributed by atoms with E-state index in [1.165, 1.54) is 0 Å². The molecule has 2 saturated heterocycles. The van der Waals surface area contributed by atoms with E-state index in [9.17, 15) is 33.1 Å². The van der Waals surface area contributed by atoms with Crippen molar-refractivity contribution in [3.8, 4) is 0 Å². The number of carboxylic acid groups (broad SMARTS) is 1. The molecule has 2 heterocycles. The number of hydrogen-bond acceptors (Lipinski definition) is 6. The highest BCUT2D eigenvalue weighted by Crippen LogP contribution is 2.34. The topological polar surface area (TPSA) is 122 Å². The number of benzene rings is 1. The van der Waals surface area contributed by atoms with Gasteiger partial charge in [-0.05, 0) is 12.1 Å². The van der Waals surface area contributed by atoms with E-state index in [-0.39, 0.29) is 12.8 Å². The Morgan fingerprint density at radius 1 is 1.30 bits per heavy atom. The number of cyclic esters (lactones) is 1. The van der Waals surface area contributed by atoms with Gasteiger partial charge in [0.05, 0.1) is 12.8 Å². The van der Waals surface area contributed by atoms with Crippen molar-refractivity contribution >= 4 is 23.8 Å². The van der Waals surface area contributed by atoms with Crippen LogP contribution in [0.1, 0.15) is 18.4 Å². The molecule has 3 rings (SSSR count). The second kappa shape index (κ2) is 6.91. The second-order valence-electron chi connectivity index (χ2n) is 5.99. The van der Waals surface area contributed by atoms with E-state index in [2.05, 4.69) is 5.32 Å². The van der Waals surface area contributed by atoms with Crippen molar-refractivity contribution in [3.63, 3.8) is 0 Å². The predicted octanol–water partition coefficient (Wildman–Crippen LogP) is -0.116. The summed E-state index contributed by atoms with van der Waals surface area (Å²) in [6, 6.07) is 1.83. The highest BCUT2D eigenvalue weighted by molar-refractivity contribution is 5.94. The molecule has 2 amide bonds. The zero-order valence-electron chi connectivity index (χ0n) is 13.7. The second-order valence-corrected chi connectivity index (χ2v) is 5.99. The van der Waals surface area contributed by atoms with Gasteiger partial charge in [0.1, 0.15) is 24.3 Å². The number of ether oxygens (including phenoxy) is 1. The molecule has 1 unspecified atom stereocenters. The van der Waals surface area contributed by atoms with Crippen molar-refractivity contribution in [1.82, 2.24) is 10.4 Å². The van der Waals surface area contributed by atoms with Crippen molar-refractivity contribution in [2.45, 2.75) is 31.0 Å². The molecule has 9 nitrogen and oxygen atoms in total. The van der Waals surface area contributed by atoms with Crippen molar-refractivity contribution in [2.75, 3.05) is 6.61 Å². The van der Waals surface area contributed by atoms with Crippen LogP contribution >= 0.6 is 0 Å². The number of hydroxylamine groups is 2. The first-order chi connectivity index (χ1) is 12.7. The van der Waals surface area contributed by atoms with Crippen LogP contribution in [0.25, 0.3) is 0 Å². The van der Waals surface area contributed by atoms with Gasteiger partial charge in [0.2, 0.25) is 5.91 Å². The summed E-state index contributed by atoms with van der Waals surface area (Å²) in [6.07, 6.45) is -1.20. The van der Waals surface area contributed by atoms with Gasteiger partial charge in [-0.3, -0.25) is 19.2 Å². The van der Waals surface area contributed by atoms with Gasteiger partial charge >= 0.3 is 17.7 Å². The molecular weight excluding hydrogens is 370 g/mol. The van der Waals surface area contributed by atoms with E-state index in [1.807, 2.05) is 0 Å². The summed E-state index contributed by atoms with van der Waals surface area (Å²) < 4.78 is 32.0. The molecule has 2 atom stereocenters. The highest BCUT2D eigenvalue weighted by Gasteiger charge is 2.59. The summed E-state index contributed by atoms with van der Waals surface area (Å²) >= 11 is 0. The lowest BCUT2D eigenvalue weighted by Crippen LogP contribution is -2.56. The number of nitrogens with one attached hydrogen (secondary N) is 1. The largest absolute Gasteiger partial charge is 0.477 e. The fourth-order valence-electron chi connectivity index (χ4n) is 2.86. The maximum absolute atomic E-state index is 13.6. The number of rotatable bonds is 5. The molecule has 0 radical (unpaired) electrons. The third-order valence-electron chi connectivity index (χ3n) is 4.22. The molecule has 11 heteroatoms. The molecule has 27 heavy (non-hydrogen) atoms. The number of nitrogens with zero attached hydrogens (tertiary/aromatic N) is 1. The fraction of sp³-hybridized carbons (Fsp3) is 0.375. The first-order valence-corrected chi connectivity index (χ1v) is 7.89. The standard InChI is InChI=1S/C16H14F2N2O7/c17-9-2-1-3-10(18)8(9)6-12(21)19-11-7-26-20(14(11)23)16(15(24)25)5-4-13(22)27-16/h1-3,11H,4-7H2,(H,19,21)(H,24,25)/t11-,16?/m0/s1. The number of carboxylic acids is 1. The van der Waals surface area contributed by atoms with Crippen LogP contribution in [0.4, 0.5) is 8.78 Å². The van der Waals surface area contributed by atoms with E-state index < -0.39 is 65.7 Å². The van der Waals surface area contributed by atoms with Crippen LogP contribution in [0.5, 0.6) is 0 Å². The fourth-order valence-corrected chi connectivity index (χ4v) is 2.86. The summed E-state index contributed by atoms with van der Waals surface area (Å²) in [5, 5.41) is 12.0. The lowest BCUT2D eigenvalue weighted by Gasteiger charge is -2.30. The zero-order chi connectivity index (χ0) is 19.8. The maximum atomic E-state index is 13.6. The minimum Gasteiger partial charge on any atom is -0.477 e. The molecule has 0 aromatic heterocycles. The summed E-state index contributed by atoms with van der Waals surface area (Å²) in [6.45, 7) is -0.420. The maximum Gasteiger partial charge on any atom is 0.372 e. The molecule has 0 spiro atoms. The third kappa shape index (κ3) is 3.33. The Balaban J connectivity index is 1.69. The summed E-state index contributed by atoms with van der Waals surface area (Å²) in [5.74, 6) is -6.05. The molecule has 1 aromatic rings. The van der Waals surface area contributed by atoms with Gasteiger partial charge in [0.15, 0.2) is 0 Å². The SMILES string of the molecule is O=C(Cc1c(F)cccc1F)N[C@H]1CON(C2(C(=O)O)CCC(=O)O2)C1=O. The van der Waals surface area contributed by atoms with Crippen molar-refractivity contribution in [2.24, 2.45) is 0 Å². The zero-order valence-corrected chi connectivity index (χ0v) is 13.7. The van der Waals surface area contributed by atoms with Crippen LogP contribution in [-0.4, -0.2) is 52.3 Å². The first kappa shape index (κ1) is 18.7. The number of carbonyl (C=O) groups is 4. The molecule has 2 fully saturated rings. The Bertz CT molecular complexity index is 811. The van der Waals surface area contributed by atoms with Crippen LogP contribution in [0.15, 0.2) is 18.2 Å². The normalized spacial score (nSPS) is 24.8. The molecule has 1 aromatic carbocycles. The first-order valence-electron chi connectivity index (χ1n) is 7.89. The van der Waals surface area contributed by atoms with E-state index in [1.54, 1.807) is 0 Å². The summed E-state index contributed by atoms with van der Waals surface area (Å²) in [7, 11) is 0. The van der Waals surface area contributed by atoms with Crippen LogP contribution in [0, 0.1) is 11.6 Å².